The first kappa shape index (κ1) is 9.49. The Morgan fingerprint density at radius 1 is 1.36 bits per heavy atom. The van der Waals surface area contributed by atoms with Gasteiger partial charge in [0.05, 0.1) is 4.88 Å². The highest BCUT2D eigenvalue weighted by Gasteiger charge is 2.14. The first-order valence-corrected chi connectivity index (χ1v) is 5.23. The van der Waals surface area contributed by atoms with Crippen molar-refractivity contribution in [2.75, 3.05) is 0 Å². The number of rotatable bonds is 2. The van der Waals surface area contributed by atoms with E-state index in [9.17, 15) is 4.79 Å². The van der Waals surface area contributed by atoms with Crippen LogP contribution in [0.15, 0.2) is 28.7 Å². The lowest BCUT2D eigenvalue weighted by atomic mass is 10.2. The fraction of sp³-hybridized carbons (Fsp3) is 0.100. The number of hydrogen-bond acceptors (Lipinski definition) is 3. The van der Waals surface area contributed by atoms with Crippen molar-refractivity contribution in [2.45, 2.75) is 6.92 Å². The molecule has 2 aromatic heterocycles. The summed E-state index contributed by atoms with van der Waals surface area (Å²) in [5, 5.41) is 0.238. The molecule has 2 aromatic rings. The van der Waals surface area contributed by atoms with Gasteiger partial charge in [-0.05, 0) is 42.8 Å². The molecule has 0 N–H and O–H groups in total. The Morgan fingerprint density at radius 2 is 2.14 bits per heavy atom. The van der Waals surface area contributed by atoms with Gasteiger partial charge in [-0.25, -0.2) is 0 Å². The number of furan rings is 1. The number of carbonyl (C=O) groups is 1. The van der Waals surface area contributed by atoms with Crippen molar-refractivity contribution in [1.82, 2.24) is 0 Å². The standard InChI is InChI=1S/C10H7ClO2S/c1-6-2-4-8(14-6)10(12)7-3-5-9(11)13-7/h2-5H,1H3. The predicted molar refractivity (Wildman–Crippen MR) is 56.2 cm³/mol. The summed E-state index contributed by atoms with van der Waals surface area (Å²) in [4.78, 5) is 13.5. The van der Waals surface area contributed by atoms with E-state index in [-0.39, 0.29) is 16.8 Å². The van der Waals surface area contributed by atoms with Crippen LogP contribution in [0.5, 0.6) is 0 Å². The maximum Gasteiger partial charge on any atom is 0.238 e. The van der Waals surface area contributed by atoms with Crippen molar-refractivity contribution < 1.29 is 9.21 Å². The van der Waals surface area contributed by atoms with Crippen LogP contribution in [-0.2, 0) is 0 Å². The molecule has 0 amide bonds. The van der Waals surface area contributed by atoms with Gasteiger partial charge in [0.2, 0.25) is 5.78 Å². The summed E-state index contributed by atoms with van der Waals surface area (Å²) in [6, 6.07) is 6.84. The van der Waals surface area contributed by atoms with Crippen LogP contribution in [0.25, 0.3) is 0 Å². The molecule has 0 saturated heterocycles. The van der Waals surface area contributed by atoms with Crippen LogP contribution in [0.1, 0.15) is 20.3 Å². The molecule has 2 rings (SSSR count). The highest BCUT2D eigenvalue weighted by atomic mass is 35.5. The summed E-state index contributed by atoms with van der Waals surface area (Å²) in [6.07, 6.45) is 0. The smallest absolute Gasteiger partial charge is 0.238 e. The van der Waals surface area contributed by atoms with Gasteiger partial charge >= 0.3 is 0 Å². The van der Waals surface area contributed by atoms with Crippen LogP contribution in [0.4, 0.5) is 0 Å². The molecule has 0 radical (unpaired) electrons. The number of thiophene rings is 1. The van der Waals surface area contributed by atoms with Crippen molar-refractivity contribution in [1.29, 1.82) is 0 Å². The molecule has 0 unspecified atom stereocenters. The second kappa shape index (κ2) is 3.59. The number of halogens is 1. The SMILES string of the molecule is Cc1ccc(C(=O)c2ccc(Cl)o2)s1. The minimum Gasteiger partial charge on any atom is -0.441 e. The number of ketones is 1. The molecule has 0 saturated carbocycles. The average Bonchev–Trinajstić information content (AvgIpc) is 2.73. The van der Waals surface area contributed by atoms with Crippen LogP contribution >= 0.6 is 22.9 Å². The molecule has 0 atom stereocenters. The van der Waals surface area contributed by atoms with Gasteiger partial charge in [-0.2, -0.15) is 0 Å². The van der Waals surface area contributed by atoms with E-state index >= 15 is 0 Å². The normalized spacial score (nSPS) is 10.4. The van der Waals surface area contributed by atoms with Crippen molar-refractivity contribution >= 4 is 28.7 Å². The average molecular weight is 227 g/mol. The lowest BCUT2D eigenvalue weighted by Crippen LogP contribution is -1.95. The molecule has 0 aliphatic heterocycles. The molecule has 4 heteroatoms. The Morgan fingerprint density at radius 3 is 2.64 bits per heavy atom. The molecule has 0 aliphatic carbocycles. The largest absolute Gasteiger partial charge is 0.441 e. The van der Waals surface area contributed by atoms with Crippen molar-refractivity contribution in [3.8, 4) is 0 Å². The minimum absolute atomic E-state index is 0.116. The second-order valence-electron chi connectivity index (χ2n) is 2.84. The third kappa shape index (κ3) is 1.74. The second-order valence-corrected chi connectivity index (χ2v) is 4.50. The number of carbonyl (C=O) groups excluding carboxylic acids is 1. The monoisotopic (exact) mass is 226 g/mol. The van der Waals surface area contributed by atoms with E-state index in [1.54, 1.807) is 18.2 Å². The van der Waals surface area contributed by atoms with Crippen molar-refractivity contribution in [3.63, 3.8) is 0 Å². The molecule has 72 valence electrons. The summed E-state index contributed by atoms with van der Waals surface area (Å²) < 4.78 is 5.03. The molecule has 2 nitrogen and oxygen atoms in total. The molecule has 14 heavy (non-hydrogen) atoms. The third-order valence-corrected chi connectivity index (χ3v) is 2.96. The highest BCUT2D eigenvalue weighted by molar-refractivity contribution is 7.14. The fourth-order valence-corrected chi connectivity index (χ4v) is 2.07. The quantitative estimate of drug-likeness (QED) is 0.734. The summed E-state index contributed by atoms with van der Waals surface area (Å²) in [5.74, 6) is 0.173. The van der Waals surface area contributed by atoms with Crippen molar-refractivity contribution in [3.05, 3.63) is 45.0 Å². The summed E-state index contributed by atoms with van der Waals surface area (Å²) in [6.45, 7) is 1.95. The Labute approximate surface area is 90.1 Å². The maximum absolute atomic E-state index is 11.7. The van der Waals surface area contributed by atoms with Crippen LogP contribution in [0.2, 0.25) is 5.22 Å². The molecule has 0 aromatic carbocycles. The highest BCUT2D eigenvalue weighted by Crippen LogP contribution is 2.21. The lowest BCUT2D eigenvalue weighted by Gasteiger charge is -1.90. The molecule has 0 aliphatic rings. The van der Waals surface area contributed by atoms with Crippen LogP contribution in [0.3, 0.4) is 0 Å². The number of aryl methyl sites for hydroxylation is 1. The zero-order valence-corrected chi connectivity index (χ0v) is 8.98. The van der Waals surface area contributed by atoms with E-state index in [0.29, 0.717) is 4.88 Å². The van der Waals surface area contributed by atoms with Gasteiger partial charge in [-0.3, -0.25) is 4.79 Å². The molecule has 0 spiro atoms. The van der Waals surface area contributed by atoms with Gasteiger partial charge in [-0.15, -0.1) is 11.3 Å². The summed E-state index contributed by atoms with van der Waals surface area (Å²) >= 11 is 7.03. The molecular formula is C10H7ClO2S. The van der Waals surface area contributed by atoms with E-state index in [1.807, 2.05) is 13.0 Å². The van der Waals surface area contributed by atoms with Gasteiger partial charge < -0.3 is 4.42 Å². The Balaban J connectivity index is 2.33. The maximum atomic E-state index is 11.7. The van der Waals surface area contributed by atoms with Crippen LogP contribution < -0.4 is 0 Å². The van der Waals surface area contributed by atoms with Gasteiger partial charge in [-0.1, -0.05) is 0 Å². The van der Waals surface area contributed by atoms with E-state index in [4.69, 9.17) is 16.0 Å². The fourth-order valence-electron chi connectivity index (χ4n) is 1.11. The summed E-state index contributed by atoms with van der Waals surface area (Å²) in [5.41, 5.74) is 0. The zero-order chi connectivity index (χ0) is 10.1. The Kier molecular flexibility index (Phi) is 2.44. The Bertz CT molecular complexity index is 428. The van der Waals surface area contributed by atoms with Crippen LogP contribution in [0, 0.1) is 6.92 Å². The minimum atomic E-state index is -0.116. The van der Waals surface area contributed by atoms with Crippen LogP contribution in [-0.4, -0.2) is 5.78 Å². The topological polar surface area (TPSA) is 30.2 Å². The molecular weight excluding hydrogens is 220 g/mol. The first-order chi connectivity index (χ1) is 6.66. The van der Waals surface area contributed by atoms with Crippen molar-refractivity contribution in [2.24, 2.45) is 0 Å². The summed E-state index contributed by atoms with van der Waals surface area (Å²) in [7, 11) is 0. The molecule has 0 bridgehead atoms. The Hall–Kier alpha value is -1.06. The van der Waals surface area contributed by atoms with E-state index in [0.717, 1.165) is 4.88 Å². The third-order valence-electron chi connectivity index (χ3n) is 1.76. The van der Waals surface area contributed by atoms with Gasteiger partial charge in [0.25, 0.3) is 0 Å². The lowest BCUT2D eigenvalue weighted by molar-refractivity contribution is 0.101. The van der Waals surface area contributed by atoms with Gasteiger partial charge in [0, 0.05) is 4.88 Å². The zero-order valence-electron chi connectivity index (χ0n) is 7.41. The molecule has 0 fully saturated rings. The predicted octanol–water partition coefficient (Wildman–Crippen LogP) is 3.53. The van der Waals surface area contributed by atoms with E-state index in [2.05, 4.69) is 0 Å². The first-order valence-electron chi connectivity index (χ1n) is 4.03. The van der Waals surface area contributed by atoms with E-state index in [1.165, 1.54) is 11.3 Å². The number of hydrogen-bond donors (Lipinski definition) is 0. The van der Waals surface area contributed by atoms with E-state index < -0.39 is 0 Å². The van der Waals surface area contributed by atoms with Gasteiger partial charge in [0.15, 0.2) is 11.0 Å². The van der Waals surface area contributed by atoms with Gasteiger partial charge in [0.1, 0.15) is 0 Å². The molecule has 2 heterocycles.